The van der Waals surface area contributed by atoms with Crippen LogP contribution in [0.1, 0.15) is 43.9 Å². The third-order valence-electron chi connectivity index (χ3n) is 5.35. The van der Waals surface area contributed by atoms with Gasteiger partial charge < -0.3 is 20.5 Å². The molecule has 2 aromatic rings. The second kappa shape index (κ2) is 6.81. The second-order valence-electron chi connectivity index (χ2n) is 7.69. The number of rotatable bonds is 5. The van der Waals surface area contributed by atoms with Crippen LogP contribution in [0, 0.1) is 0 Å². The third kappa shape index (κ3) is 3.88. The summed E-state index contributed by atoms with van der Waals surface area (Å²) in [5.74, 6) is 1.58. The van der Waals surface area contributed by atoms with E-state index in [2.05, 4.69) is 21.8 Å². The first kappa shape index (κ1) is 17.7. The fraction of sp³-hybridized carbons (Fsp3) is 0.450. The van der Waals surface area contributed by atoms with E-state index in [1.807, 2.05) is 24.3 Å². The molecule has 0 unspecified atom stereocenters. The minimum Gasteiger partial charge on any atom is -0.488 e. The first-order valence-corrected chi connectivity index (χ1v) is 9.40. The summed E-state index contributed by atoms with van der Waals surface area (Å²) in [6.45, 7) is 3.63. The van der Waals surface area contributed by atoms with Gasteiger partial charge in [0.25, 0.3) is 0 Å². The van der Waals surface area contributed by atoms with Crippen LogP contribution in [-0.2, 0) is 0 Å². The molecule has 1 aliphatic carbocycles. The molecule has 7 heteroatoms. The number of hydrogen-bond donors (Lipinski definition) is 3. The highest BCUT2D eigenvalue weighted by atomic mass is 16.5. The van der Waals surface area contributed by atoms with E-state index in [4.69, 9.17) is 15.9 Å². The maximum absolute atomic E-state index is 9.70. The summed E-state index contributed by atoms with van der Waals surface area (Å²) in [6.07, 6.45) is 4.89. The molecule has 2 heterocycles. The van der Waals surface area contributed by atoms with E-state index in [0.717, 1.165) is 55.9 Å². The topological polar surface area (TPSA) is 110 Å². The average molecular weight is 368 g/mol. The normalized spacial score (nSPS) is 19.0. The molecule has 1 saturated carbocycles. The van der Waals surface area contributed by atoms with Gasteiger partial charge >= 0.3 is 0 Å². The summed E-state index contributed by atoms with van der Waals surface area (Å²) < 4.78 is 6.03. The number of aliphatic hydroxyl groups is 1. The minimum absolute atomic E-state index is 0.0664. The number of piperidine rings is 1. The molecule has 0 spiro atoms. The molecule has 4 rings (SSSR count). The number of hydrogen-bond acceptors (Lipinski definition) is 6. The molecule has 0 amide bonds. The maximum Gasteiger partial charge on any atom is 0.232 e. The van der Waals surface area contributed by atoms with E-state index in [1.54, 1.807) is 0 Å². The first-order valence-electron chi connectivity index (χ1n) is 9.40. The summed E-state index contributed by atoms with van der Waals surface area (Å²) >= 11 is 0. The van der Waals surface area contributed by atoms with E-state index in [1.165, 1.54) is 6.33 Å². The molecule has 142 valence electrons. The van der Waals surface area contributed by atoms with E-state index in [9.17, 15) is 5.11 Å². The van der Waals surface area contributed by atoms with Crippen molar-refractivity contribution >= 4 is 17.2 Å². The van der Waals surface area contributed by atoms with Crippen molar-refractivity contribution in [2.75, 3.05) is 23.7 Å². The summed E-state index contributed by atoms with van der Waals surface area (Å²) in [7, 11) is 0. The van der Waals surface area contributed by atoms with E-state index >= 15 is 0 Å². The van der Waals surface area contributed by atoms with Crippen LogP contribution in [0.5, 0.6) is 5.75 Å². The molecule has 0 atom stereocenters. The van der Waals surface area contributed by atoms with Crippen LogP contribution < -0.4 is 20.8 Å². The quantitative estimate of drug-likeness (QED) is 0.525. The van der Waals surface area contributed by atoms with E-state index in [0.29, 0.717) is 17.1 Å². The van der Waals surface area contributed by atoms with Gasteiger partial charge in [-0.15, -0.1) is 0 Å². The Labute approximate surface area is 158 Å². The van der Waals surface area contributed by atoms with Crippen molar-refractivity contribution in [3.8, 4) is 5.75 Å². The minimum atomic E-state index is -0.227. The van der Waals surface area contributed by atoms with Crippen molar-refractivity contribution < 1.29 is 15.3 Å². The molecule has 0 radical (unpaired) electrons. The molecule has 1 aromatic carbocycles. The lowest BCUT2D eigenvalue weighted by atomic mass is 10.0. The molecule has 1 aliphatic heterocycles. The van der Waals surface area contributed by atoms with Crippen LogP contribution in [0.3, 0.4) is 0 Å². The Morgan fingerprint density at radius 1 is 1.26 bits per heavy atom. The molecule has 2 fully saturated rings. The molecular weight excluding hydrogens is 342 g/mol. The number of nitrogens with two attached hydrogens (primary N) is 2. The Hall–Kier alpha value is -2.67. The molecule has 27 heavy (non-hydrogen) atoms. The fourth-order valence-corrected chi connectivity index (χ4v) is 3.29. The van der Waals surface area contributed by atoms with Gasteiger partial charge in [0.2, 0.25) is 5.71 Å². The summed E-state index contributed by atoms with van der Waals surface area (Å²) in [6, 6.07) is 7.45. The van der Waals surface area contributed by atoms with Gasteiger partial charge in [-0.25, -0.2) is 9.97 Å². The molecule has 5 N–H and O–H groups in total. The van der Waals surface area contributed by atoms with Gasteiger partial charge in [0.15, 0.2) is 0 Å². The molecule has 7 nitrogen and oxygen atoms in total. The van der Waals surface area contributed by atoms with Gasteiger partial charge in [-0.3, -0.25) is 5.41 Å². The molecular formula is C20H26N5O2+. The predicted octanol–water partition coefficient (Wildman–Crippen LogP) is 0.548. The van der Waals surface area contributed by atoms with Gasteiger partial charge in [-0.1, -0.05) is 0 Å². The number of nitrogens with zero attached hydrogens (tertiary/aromatic N) is 3. The van der Waals surface area contributed by atoms with Crippen molar-refractivity contribution in [1.29, 1.82) is 0 Å². The lowest BCUT2D eigenvalue weighted by Crippen LogP contribution is -2.42. The number of nitrogen functional groups attached to an aromatic ring is 1. The molecule has 2 aliphatic rings. The Morgan fingerprint density at radius 3 is 2.70 bits per heavy atom. The fourth-order valence-electron chi connectivity index (χ4n) is 3.29. The van der Waals surface area contributed by atoms with Crippen LogP contribution in [-0.4, -0.2) is 45.6 Å². The maximum atomic E-state index is 9.70. The zero-order valence-electron chi connectivity index (χ0n) is 15.6. The van der Waals surface area contributed by atoms with E-state index in [-0.39, 0.29) is 11.7 Å². The van der Waals surface area contributed by atoms with Gasteiger partial charge in [0, 0.05) is 24.8 Å². The summed E-state index contributed by atoms with van der Waals surface area (Å²) in [4.78, 5) is 10.8. The summed E-state index contributed by atoms with van der Waals surface area (Å²) in [5.41, 5.74) is 8.53. The van der Waals surface area contributed by atoms with Crippen molar-refractivity contribution in [2.45, 2.75) is 44.3 Å². The lowest BCUT2D eigenvalue weighted by molar-refractivity contribution is -0.111. The van der Waals surface area contributed by atoms with Gasteiger partial charge in [0.1, 0.15) is 29.2 Å². The standard InChI is InChI=1S/C20H25N5O2/c1-20(6-7-20)27-14-2-3-16(21)15(10-14)19(22)17-11-18(24-12-23-17)25-8-4-13(26)5-9-25/h2-3,10-13,22,26H,4-9,21H2,1H3/p+1. The van der Waals surface area contributed by atoms with Gasteiger partial charge in [-0.05, 0) is 50.8 Å². The van der Waals surface area contributed by atoms with Gasteiger partial charge in [0.05, 0.1) is 11.7 Å². The predicted molar refractivity (Wildman–Crippen MR) is 104 cm³/mol. The molecule has 1 aromatic heterocycles. The van der Waals surface area contributed by atoms with Crippen molar-refractivity contribution in [3.05, 3.63) is 41.9 Å². The zero-order valence-corrected chi connectivity index (χ0v) is 15.6. The number of ether oxygens (including phenoxy) is 1. The Balaban J connectivity index is 1.57. The largest absolute Gasteiger partial charge is 0.488 e. The smallest absolute Gasteiger partial charge is 0.232 e. The number of aromatic nitrogens is 2. The highest BCUT2D eigenvalue weighted by molar-refractivity contribution is 6.11. The highest BCUT2D eigenvalue weighted by Gasteiger charge is 2.40. The molecule has 0 bridgehead atoms. The highest BCUT2D eigenvalue weighted by Crippen LogP contribution is 2.40. The van der Waals surface area contributed by atoms with Gasteiger partial charge in [-0.2, -0.15) is 0 Å². The van der Waals surface area contributed by atoms with Crippen molar-refractivity contribution in [2.24, 2.45) is 0 Å². The zero-order chi connectivity index (χ0) is 19.0. The monoisotopic (exact) mass is 368 g/mol. The van der Waals surface area contributed by atoms with Crippen LogP contribution >= 0.6 is 0 Å². The Bertz CT molecular complexity index is 857. The lowest BCUT2D eigenvalue weighted by Gasteiger charge is -2.30. The van der Waals surface area contributed by atoms with Crippen molar-refractivity contribution in [1.82, 2.24) is 9.97 Å². The van der Waals surface area contributed by atoms with E-state index < -0.39 is 0 Å². The summed E-state index contributed by atoms with van der Waals surface area (Å²) in [5, 5.41) is 16.1. The van der Waals surface area contributed by atoms with Crippen molar-refractivity contribution in [3.63, 3.8) is 0 Å². The average Bonchev–Trinajstić information content (AvgIpc) is 3.40. The SMILES string of the molecule is CC1(Oc2ccc(N)c(C(=[NH2+])c3cc(N4CCC(O)CC4)ncn3)c2)CC1. The van der Waals surface area contributed by atoms with Crippen LogP contribution in [0.25, 0.3) is 0 Å². The number of aliphatic hydroxyl groups excluding tert-OH is 1. The first-order chi connectivity index (χ1) is 12.9. The Kier molecular flexibility index (Phi) is 4.47. The second-order valence-corrected chi connectivity index (χ2v) is 7.69. The van der Waals surface area contributed by atoms with Crippen LogP contribution in [0.2, 0.25) is 0 Å². The van der Waals surface area contributed by atoms with Crippen LogP contribution in [0.4, 0.5) is 11.5 Å². The van der Waals surface area contributed by atoms with Crippen LogP contribution in [0.15, 0.2) is 30.6 Å². The third-order valence-corrected chi connectivity index (χ3v) is 5.35. The number of benzene rings is 1. The molecule has 1 saturated heterocycles. The Morgan fingerprint density at radius 2 is 2.00 bits per heavy atom. The number of anilines is 2.